The van der Waals surface area contributed by atoms with Crippen molar-refractivity contribution in [2.45, 2.75) is 46.5 Å². The molecule has 0 unspecified atom stereocenters. The molecule has 0 amide bonds. The highest BCUT2D eigenvalue weighted by Gasteiger charge is 2.00. The van der Waals surface area contributed by atoms with Crippen molar-refractivity contribution >= 4 is 5.69 Å². The van der Waals surface area contributed by atoms with Gasteiger partial charge in [0.1, 0.15) is 18.1 Å². The van der Waals surface area contributed by atoms with Crippen LogP contribution in [-0.4, -0.2) is 19.8 Å². The van der Waals surface area contributed by atoms with Crippen LogP contribution in [-0.2, 0) is 0 Å². The van der Waals surface area contributed by atoms with Crippen LogP contribution in [0.3, 0.4) is 0 Å². The Bertz CT molecular complexity index is 622. The highest BCUT2D eigenvalue weighted by Crippen LogP contribution is 2.19. The van der Waals surface area contributed by atoms with Crippen LogP contribution in [0.1, 0.15) is 43.7 Å². The summed E-state index contributed by atoms with van der Waals surface area (Å²) in [6.45, 7) is 8.61. The van der Waals surface area contributed by atoms with E-state index < -0.39 is 0 Å². The Morgan fingerprint density at radius 2 is 1.64 bits per heavy atom. The van der Waals surface area contributed by atoms with E-state index in [0.29, 0.717) is 6.61 Å². The lowest BCUT2D eigenvalue weighted by Gasteiger charge is -2.12. The minimum absolute atomic E-state index is 0.638. The molecule has 0 saturated heterocycles. The molecule has 0 atom stereocenters. The minimum atomic E-state index is 0.638. The first-order chi connectivity index (χ1) is 12.2. The van der Waals surface area contributed by atoms with Gasteiger partial charge in [-0.3, -0.25) is 0 Å². The summed E-state index contributed by atoms with van der Waals surface area (Å²) in [5.74, 6) is 1.90. The van der Waals surface area contributed by atoms with Crippen LogP contribution in [0.5, 0.6) is 11.5 Å². The van der Waals surface area contributed by atoms with Gasteiger partial charge in [0.25, 0.3) is 0 Å². The highest BCUT2D eigenvalue weighted by molar-refractivity contribution is 5.46. The molecule has 0 aliphatic carbocycles. The molecule has 1 N–H and O–H groups in total. The molecule has 0 spiro atoms. The third kappa shape index (κ3) is 7.08. The Hall–Kier alpha value is -2.16. The average molecular weight is 341 g/mol. The molecule has 0 saturated carbocycles. The number of aryl methyl sites for hydroxylation is 2. The lowest BCUT2D eigenvalue weighted by atomic mass is 10.1. The molecule has 0 aromatic heterocycles. The second kappa shape index (κ2) is 10.7. The van der Waals surface area contributed by atoms with Crippen LogP contribution in [0, 0.1) is 13.8 Å². The summed E-state index contributed by atoms with van der Waals surface area (Å²) < 4.78 is 11.6. The van der Waals surface area contributed by atoms with Gasteiger partial charge in [0.15, 0.2) is 0 Å². The van der Waals surface area contributed by atoms with Crippen LogP contribution in [0.15, 0.2) is 42.5 Å². The van der Waals surface area contributed by atoms with Crippen molar-refractivity contribution in [2.75, 3.05) is 25.1 Å². The maximum Gasteiger partial charge on any atom is 0.122 e. The van der Waals surface area contributed by atoms with Crippen LogP contribution in [0.25, 0.3) is 0 Å². The Morgan fingerprint density at radius 3 is 2.36 bits per heavy atom. The van der Waals surface area contributed by atoms with E-state index in [1.165, 1.54) is 30.4 Å². The number of ether oxygens (including phenoxy) is 2. The number of hydrogen-bond acceptors (Lipinski definition) is 3. The lowest BCUT2D eigenvalue weighted by molar-refractivity contribution is 0.305. The zero-order chi connectivity index (χ0) is 17.9. The number of unbranched alkanes of at least 4 members (excludes halogenated alkanes) is 3. The van der Waals surface area contributed by atoms with Gasteiger partial charge in [-0.1, -0.05) is 43.9 Å². The summed E-state index contributed by atoms with van der Waals surface area (Å²) in [5, 5.41) is 3.38. The van der Waals surface area contributed by atoms with Gasteiger partial charge in [-0.25, -0.2) is 0 Å². The van der Waals surface area contributed by atoms with Crippen molar-refractivity contribution in [3.05, 3.63) is 53.6 Å². The molecule has 25 heavy (non-hydrogen) atoms. The van der Waals surface area contributed by atoms with Gasteiger partial charge in [0.05, 0.1) is 6.61 Å². The number of anilines is 1. The van der Waals surface area contributed by atoms with Crippen molar-refractivity contribution in [3.8, 4) is 11.5 Å². The monoisotopic (exact) mass is 341 g/mol. The first-order valence-electron chi connectivity index (χ1n) is 9.36. The minimum Gasteiger partial charge on any atom is -0.494 e. The molecule has 0 heterocycles. The van der Waals surface area contributed by atoms with Crippen molar-refractivity contribution < 1.29 is 9.47 Å². The van der Waals surface area contributed by atoms with E-state index in [2.05, 4.69) is 50.4 Å². The normalized spacial score (nSPS) is 10.5. The number of benzene rings is 2. The summed E-state index contributed by atoms with van der Waals surface area (Å²) in [4.78, 5) is 0. The van der Waals surface area contributed by atoms with Gasteiger partial charge in [0, 0.05) is 12.2 Å². The predicted molar refractivity (Wildman–Crippen MR) is 106 cm³/mol. The molecule has 0 radical (unpaired) electrons. The number of hydrogen-bond donors (Lipinski definition) is 1. The van der Waals surface area contributed by atoms with E-state index in [4.69, 9.17) is 9.47 Å². The van der Waals surface area contributed by atoms with E-state index in [-0.39, 0.29) is 0 Å². The summed E-state index contributed by atoms with van der Waals surface area (Å²) in [6.07, 6.45) is 4.92. The Labute approximate surface area is 152 Å². The number of rotatable bonds is 11. The largest absolute Gasteiger partial charge is 0.494 e. The van der Waals surface area contributed by atoms with E-state index in [9.17, 15) is 0 Å². The number of nitrogens with one attached hydrogen (secondary N) is 1. The van der Waals surface area contributed by atoms with Gasteiger partial charge in [-0.2, -0.15) is 0 Å². The molecule has 2 aromatic rings. The summed E-state index contributed by atoms with van der Waals surface area (Å²) in [7, 11) is 0. The highest BCUT2D eigenvalue weighted by atomic mass is 16.5. The van der Waals surface area contributed by atoms with E-state index in [1.807, 2.05) is 18.2 Å². The maximum absolute atomic E-state index is 5.84. The van der Waals surface area contributed by atoms with Crippen LogP contribution in [0.2, 0.25) is 0 Å². The van der Waals surface area contributed by atoms with Crippen LogP contribution >= 0.6 is 0 Å². The molecule has 2 rings (SSSR count). The Kier molecular flexibility index (Phi) is 8.17. The fourth-order valence-corrected chi connectivity index (χ4v) is 2.71. The van der Waals surface area contributed by atoms with Crippen molar-refractivity contribution in [1.82, 2.24) is 0 Å². The molecular weight excluding hydrogens is 310 g/mol. The molecule has 0 aliphatic heterocycles. The molecule has 3 nitrogen and oxygen atoms in total. The zero-order valence-corrected chi connectivity index (χ0v) is 15.8. The van der Waals surface area contributed by atoms with E-state index in [0.717, 1.165) is 36.8 Å². The average Bonchev–Trinajstić information content (AvgIpc) is 2.61. The second-order valence-corrected chi connectivity index (χ2v) is 6.48. The van der Waals surface area contributed by atoms with Gasteiger partial charge in [0.2, 0.25) is 0 Å². The van der Waals surface area contributed by atoms with Gasteiger partial charge < -0.3 is 14.8 Å². The first-order valence-corrected chi connectivity index (χ1v) is 9.36. The molecule has 2 aromatic carbocycles. The smallest absolute Gasteiger partial charge is 0.122 e. The molecule has 3 heteroatoms. The first kappa shape index (κ1) is 19.2. The second-order valence-electron chi connectivity index (χ2n) is 6.48. The van der Waals surface area contributed by atoms with Crippen molar-refractivity contribution in [2.24, 2.45) is 0 Å². The molecule has 0 fully saturated rings. The molecule has 0 aliphatic rings. The van der Waals surface area contributed by atoms with Crippen LogP contribution < -0.4 is 14.8 Å². The Balaban J connectivity index is 1.65. The van der Waals surface area contributed by atoms with Crippen LogP contribution in [0.4, 0.5) is 5.69 Å². The van der Waals surface area contributed by atoms with Gasteiger partial charge in [-0.05, 0) is 56.2 Å². The molecule has 136 valence electrons. The molecular formula is C22H31NO2. The third-order valence-electron chi connectivity index (χ3n) is 4.14. The SMILES string of the molecule is CCCCCCOc1ccc(NCCOc2ccc(C)cc2C)cc1. The summed E-state index contributed by atoms with van der Waals surface area (Å²) in [6, 6.07) is 14.4. The third-order valence-corrected chi connectivity index (χ3v) is 4.14. The van der Waals surface area contributed by atoms with Gasteiger partial charge in [-0.15, -0.1) is 0 Å². The van der Waals surface area contributed by atoms with Crippen molar-refractivity contribution in [3.63, 3.8) is 0 Å². The van der Waals surface area contributed by atoms with E-state index >= 15 is 0 Å². The summed E-state index contributed by atoms with van der Waals surface area (Å²) in [5.41, 5.74) is 3.53. The lowest BCUT2D eigenvalue weighted by Crippen LogP contribution is -2.11. The Morgan fingerprint density at radius 1 is 0.840 bits per heavy atom. The maximum atomic E-state index is 5.84. The van der Waals surface area contributed by atoms with Crippen molar-refractivity contribution in [1.29, 1.82) is 0 Å². The standard InChI is InChI=1S/C22H31NO2/c1-4-5-6-7-15-24-21-11-9-20(10-12-21)23-14-16-25-22-13-8-18(2)17-19(22)3/h8-13,17,23H,4-7,14-16H2,1-3H3. The van der Waals surface area contributed by atoms with Gasteiger partial charge >= 0.3 is 0 Å². The zero-order valence-electron chi connectivity index (χ0n) is 15.8. The fraction of sp³-hybridized carbons (Fsp3) is 0.455. The predicted octanol–water partition coefficient (Wildman–Crippen LogP) is 5.75. The summed E-state index contributed by atoms with van der Waals surface area (Å²) >= 11 is 0. The topological polar surface area (TPSA) is 30.5 Å². The fourth-order valence-electron chi connectivity index (χ4n) is 2.71. The molecule has 0 bridgehead atoms. The quantitative estimate of drug-likeness (QED) is 0.528. The van der Waals surface area contributed by atoms with E-state index in [1.54, 1.807) is 0 Å².